The molecule has 0 radical (unpaired) electrons. The fourth-order valence-electron chi connectivity index (χ4n) is 3.67. The number of rotatable bonds is 2. The number of carbonyl (C=O) groups excluding carboxylic acids is 1. The molecule has 1 atom stereocenters. The Bertz CT molecular complexity index is 870. The molecule has 1 saturated heterocycles. The molecule has 0 unspecified atom stereocenters. The molecule has 2 aliphatic heterocycles. The molecule has 0 bridgehead atoms. The predicted octanol–water partition coefficient (Wildman–Crippen LogP) is 1.70. The van der Waals surface area contributed by atoms with E-state index < -0.39 is 11.6 Å². The highest BCUT2D eigenvalue weighted by Crippen LogP contribution is 2.49. The van der Waals surface area contributed by atoms with Crippen LogP contribution in [0.4, 0.5) is 5.69 Å². The van der Waals surface area contributed by atoms with Crippen LogP contribution in [0.5, 0.6) is 0 Å². The quantitative estimate of drug-likeness (QED) is 0.912. The molecule has 1 aromatic heterocycles. The lowest BCUT2D eigenvalue weighted by molar-refractivity contribution is -0.148. The minimum Gasteiger partial charge on any atom is -0.478 e. The molecular formula is C16H14N4O3. The molecule has 3 aliphatic rings. The largest absolute Gasteiger partial charge is 0.478 e. The highest BCUT2D eigenvalue weighted by Gasteiger charge is 2.59. The molecular weight excluding hydrogens is 296 g/mol. The van der Waals surface area contributed by atoms with Crippen molar-refractivity contribution in [3.8, 4) is 11.4 Å². The number of fused-ring (bicyclic) bond motifs is 6. The van der Waals surface area contributed by atoms with Gasteiger partial charge in [0.2, 0.25) is 11.6 Å². The average molecular weight is 310 g/mol. The number of aromatic nitrogens is 3. The first kappa shape index (κ1) is 12.8. The topological polar surface area (TPSA) is 88.3 Å². The smallest absolute Gasteiger partial charge is 0.353 e. The summed E-state index contributed by atoms with van der Waals surface area (Å²) in [5.74, 6) is 0.310. The number of anilines is 1. The molecule has 1 saturated carbocycles. The van der Waals surface area contributed by atoms with Gasteiger partial charge >= 0.3 is 5.97 Å². The highest BCUT2D eigenvalue weighted by atomic mass is 16.4. The molecule has 1 amide bonds. The van der Waals surface area contributed by atoms with Crippen molar-refractivity contribution < 1.29 is 14.7 Å². The van der Waals surface area contributed by atoms with Crippen LogP contribution in [-0.4, -0.2) is 31.7 Å². The standard InChI is InChI=1S/C16H14N4O3/c21-12-7-8-16(15(22)23)19(12)11-4-2-1-3-10(11)14-17-13(9-5-6-9)18-20(14)16/h1-4,9H,5-8H2,(H,22,23)/t16-/m0/s1. The zero-order valence-electron chi connectivity index (χ0n) is 12.3. The van der Waals surface area contributed by atoms with E-state index in [-0.39, 0.29) is 18.7 Å². The van der Waals surface area contributed by atoms with E-state index in [1.807, 2.05) is 18.2 Å². The van der Waals surface area contributed by atoms with Gasteiger partial charge in [0.15, 0.2) is 11.6 Å². The number of nitrogens with zero attached hydrogens (tertiary/aromatic N) is 4. The van der Waals surface area contributed by atoms with Crippen LogP contribution in [0.15, 0.2) is 24.3 Å². The first-order valence-corrected chi connectivity index (χ1v) is 7.76. The molecule has 7 heteroatoms. The van der Waals surface area contributed by atoms with Crippen LogP contribution in [-0.2, 0) is 15.3 Å². The molecule has 7 nitrogen and oxygen atoms in total. The Kier molecular flexibility index (Phi) is 2.22. The van der Waals surface area contributed by atoms with Gasteiger partial charge in [0.05, 0.1) is 5.69 Å². The highest BCUT2D eigenvalue weighted by molar-refractivity contribution is 6.07. The van der Waals surface area contributed by atoms with Crippen LogP contribution in [0.2, 0.25) is 0 Å². The molecule has 23 heavy (non-hydrogen) atoms. The molecule has 1 aromatic carbocycles. The molecule has 5 rings (SSSR count). The lowest BCUT2D eigenvalue weighted by atomic mass is 10.0. The van der Waals surface area contributed by atoms with E-state index in [2.05, 4.69) is 10.1 Å². The van der Waals surface area contributed by atoms with Crippen molar-refractivity contribution in [1.82, 2.24) is 14.8 Å². The summed E-state index contributed by atoms with van der Waals surface area (Å²) in [6.45, 7) is 0. The fraction of sp³-hybridized carbons (Fsp3) is 0.375. The second kappa shape index (κ2) is 3.98. The molecule has 3 heterocycles. The monoisotopic (exact) mass is 310 g/mol. The molecule has 1 aliphatic carbocycles. The van der Waals surface area contributed by atoms with Crippen molar-refractivity contribution in [2.45, 2.75) is 37.3 Å². The van der Waals surface area contributed by atoms with Crippen molar-refractivity contribution in [2.24, 2.45) is 0 Å². The maximum absolute atomic E-state index is 12.4. The van der Waals surface area contributed by atoms with Gasteiger partial charge in [-0.25, -0.2) is 14.5 Å². The molecule has 1 N–H and O–H groups in total. The third-order valence-corrected chi connectivity index (χ3v) is 4.95. The zero-order valence-corrected chi connectivity index (χ0v) is 12.3. The third-order valence-electron chi connectivity index (χ3n) is 4.95. The molecule has 2 aromatic rings. The van der Waals surface area contributed by atoms with Crippen LogP contribution >= 0.6 is 0 Å². The Morgan fingerprint density at radius 1 is 1.30 bits per heavy atom. The van der Waals surface area contributed by atoms with Gasteiger partial charge in [-0.2, -0.15) is 5.10 Å². The SMILES string of the molecule is O=C1CC[C@]2(C(=O)O)N1c1ccccc1-c1nc(C3CC3)nn12. The van der Waals surface area contributed by atoms with Crippen molar-refractivity contribution in [1.29, 1.82) is 0 Å². The number of aliphatic carboxylic acids is 1. The number of benzene rings is 1. The second-order valence-corrected chi connectivity index (χ2v) is 6.35. The van der Waals surface area contributed by atoms with E-state index in [1.54, 1.807) is 6.07 Å². The van der Waals surface area contributed by atoms with E-state index in [9.17, 15) is 14.7 Å². The molecule has 0 spiro atoms. The summed E-state index contributed by atoms with van der Waals surface area (Å²) in [5, 5.41) is 14.5. The van der Waals surface area contributed by atoms with Gasteiger partial charge in [-0.3, -0.25) is 9.69 Å². The van der Waals surface area contributed by atoms with Gasteiger partial charge < -0.3 is 5.11 Å². The van der Waals surface area contributed by atoms with Crippen LogP contribution in [0.3, 0.4) is 0 Å². The maximum Gasteiger partial charge on any atom is 0.353 e. The van der Waals surface area contributed by atoms with Gasteiger partial charge in [-0.15, -0.1) is 0 Å². The third kappa shape index (κ3) is 1.44. The lowest BCUT2D eigenvalue weighted by Crippen LogP contribution is -2.56. The molecule has 2 fully saturated rings. The predicted molar refractivity (Wildman–Crippen MR) is 79.8 cm³/mol. The fourth-order valence-corrected chi connectivity index (χ4v) is 3.67. The number of carboxylic acid groups (broad SMARTS) is 1. The number of carboxylic acids is 1. The Hall–Kier alpha value is -2.70. The van der Waals surface area contributed by atoms with E-state index in [4.69, 9.17) is 0 Å². The van der Waals surface area contributed by atoms with Crippen LogP contribution in [0, 0.1) is 0 Å². The Morgan fingerprint density at radius 3 is 2.83 bits per heavy atom. The summed E-state index contributed by atoms with van der Waals surface area (Å²) < 4.78 is 1.47. The first-order chi connectivity index (χ1) is 11.1. The summed E-state index contributed by atoms with van der Waals surface area (Å²) in [6, 6.07) is 7.32. The van der Waals surface area contributed by atoms with Crippen molar-refractivity contribution >= 4 is 17.6 Å². The summed E-state index contributed by atoms with van der Waals surface area (Å²) in [5.41, 5.74) is -0.111. The summed E-state index contributed by atoms with van der Waals surface area (Å²) in [7, 11) is 0. The van der Waals surface area contributed by atoms with Crippen LogP contribution < -0.4 is 4.90 Å². The minimum absolute atomic E-state index is 0.186. The van der Waals surface area contributed by atoms with E-state index in [0.717, 1.165) is 18.4 Å². The second-order valence-electron chi connectivity index (χ2n) is 6.35. The van der Waals surface area contributed by atoms with Gasteiger partial charge in [0, 0.05) is 24.3 Å². The normalized spacial score (nSPS) is 25.0. The number of amides is 1. The Morgan fingerprint density at radius 2 is 2.09 bits per heavy atom. The van der Waals surface area contributed by atoms with Gasteiger partial charge in [-0.1, -0.05) is 12.1 Å². The molecule has 116 valence electrons. The first-order valence-electron chi connectivity index (χ1n) is 7.76. The number of carbonyl (C=O) groups is 2. The summed E-state index contributed by atoms with van der Waals surface area (Å²) in [4.78, 5) is 30.6. The zero-order chi connectivity index (χ0) is 15.8. The van der Waals surface area contributed by atoms with Crippen molar-refractivity contribution in [2.75, 3.05) is 4.90 Å². The average Bonchev–Trinajstić information content (AvgIpc) is 3.19. The number of hydrogen-bond acceptors (Lipinski definition) is 4. The van der Waals surface area contributed by atoms with E-state index in [1.165, 1.54) is 9.58 Å². The lowest BCUT2D eigenvalue weighted by Gasteiger charge is -2.39. The van der Waals surface area contributed by atoms with Gasteiger partial charge in [0.25, 0.3) is 0 Å². The van der Waals surface area contributed by atoms with Crippen LogP contribution in [0.25, 0.3) is 11.4 Å². The summed E-state index contributed by atoms with van der Waals surface area (Å²) >= 11 is 0. The van der Waals surface area contributed by atoms with Gasteiger partial charge in [-0.05, 0) is 25.0 Å². The number of hydrogen-bond donors (Lipinski definition) is 1. The minimum atomic E-state index is -1.49. The van der Waals surface area contributed by atoms with Crippen molar-refractivity contribution in [3.63, 3.8) is 0 Å². The Balaban J connectivity index is 1.86. The van der Waals surface area contributed by atoms with Crippen LogP contribution in [0.1, 0.15) is 37.4 Å². The Labute approximate surface area is 131 Å². The van der Waals surface area contributed by atoms with Gasteiger partial charge in [0.1, 0.15) is 0 Å². The number of para-hydroxylation sites is 1. The van der Waals surface area contributed by atoms with E-state index >= 15 is 0 Å². The summed E-state index contributed by atoms with van der Waals surface area (Å²) in [6.07, 6.45) is 2.47. The van der Waals surface area contributed by atoms with Crippen molar-refractivity contribution in [3.05, 3.63) is 30.1 Å². The van der Waals surface area contributed by atoms with E-state index in [0.29, 0.717) is 23.3 Å². The maximum atomic E-state index is 12.4.